The van der Waals surface area contributed by atoms with Crippen LogP contribution >= 0.6 is 11.6 Å². The first kappa shape index (κ1) is 28.7. The number of carboxylic acid groups (broad SMARTS) is 1. The Morgan fingerprint density at radius 2 is 1.62 bits per heavy atom. The van der Waals surface area contributed by atoms with Gasteiger partial charge < -0.3 is 0 Å². The molecule has 11 heteroatoms. The number of nitrogens with zero attached hydrogens (tertiary/aromatic N) is 2. The molecule has 0 bridgehead atoms. The molecule has 1 heterocycles. The zero-order chi connectivity index (χ0) is 28.2. The molecule has 4 rings (SSSR count). The maximum atomic E-state index is 13.8. The van der Waals surface area contributed by atoms with Crippen LogP contribution in [0.4, 0.5) is 17.6 Å². The third-order valence-electron chi connectivity index (χ3n) is 5.90. The Kier molecular flexibility index (Phi) is 9.03. The summed E-state index contributed by atoms with van der Waals surface area (Å²) >= 11 is 4.11. The minimum atomic E-state index is -4.67. The third kappa shape index (κ3) is 7.43. The van der Waals surface area contributed by atoms with Crippen LogP contribution in [0.1, 0.15) is 45.6 Å². The van der Waals surface area contributed by atoms with Gasteiger partial charge in [-0.1, -0.05) is 0 Å². The number of benzene rings is 3. The number of carboxylic acids is 1. The van der Waals surface area contributed by atoms with Crippen LogP contribution in [0.5, 0.6) is 0 Å². The van der Waals surface area contributed by atoms with Gasteiger partial charge in [-0.25, -0.2) is 0 Å². The van der Waals surface area contributed by atoms with Crippen LogP contribution in [0.3, 0.4) is 0 Å². The topological polar surface area (TPSA) is 80.1 Å². The molecule has 0 aliphatic carbocycles. The van der Waals surface area contributed by atoms with Gasteiger partial charge in [0.15, 0.2) is 0 Å². The molecule has 1 radical (unpaired) electrons. The van der Waals surface area contributed by atoms with Crippen LogP contribution in [0.2, 0.25) is 5.02 Å². The summed E-state index contributed by atoms with van der Waals surface area (Å²) in [5.41, 5.74) is 2.63. The Labute approximate surface area is 232 Å². The molecule has 201 valence electrons. The van der Waals surface area contributed by atoms with Crippen molar-refractivity contribution in [3.63, 3.8) is 0 Å². The summed E-state index contributed by atoms with van der Waals surface area (Å²) in [5.74, 6) is -1.56. The van der Waals surface area contributed by atoms with E-state index in [9.17, 15) is 27.2 Å². The number of aryl methyl sites for hydroxylation is 1. The number of hydrogen-bond acceptors (Lipinski definition) is 4. The molecule has 0 aliphatic heterocycles. The Morgan fingerprint density at radius 3 is 2.26 bits per heavy atom. The molecule has 0 spiro atoms. The second-order valence-corrected chi connectivity index (χ2v) is 11.7. The van der Waals surface area contributed by atoms with E-state index in [0.29, 0.717) is 46.7 Å². The predicted molar refractivity (Wildman–Crippen MR) is 140 cm³/mol. The Morgan fingerprint density at radius 1 is 0.923 bits per heavy atom. The van der Waals surface area contributed by atoms with Crippen molar-refractivity contribution in [2.45, 2.75) is 36.6 Å². The van der Waals surface area contributed by atoms with E-state index >= 15 is 0 Å². The molecule has 1 atom stereocenters. The van der Waals surface area contributed by atoms with Gasteiger partial charge in [0.05, 0.1) is 0 Å². The molecule has 4 aromatic rings. The van der Waals surface area contributed by atoms with Gasteiger partial charge in [-0.3, -0.25) is 0 Å². The van der Waals surface area contributed by atoms with Crippen LogP contribution in [-0.2, 0) is 11.2 Å². The number of unbranched alkanes of at least 4 members (excludes halogenated alkanes) is 1. The summed E-state index contributed by atoms with van der Waals surface area (Å²) in [4.78, 5) is 33.3. The number of halogens is 5. The molecule has 39 heavy (non-hydrogen) atoms. The minimum absolute atomic E-state index is 0.00743. The number of aliphatic carboxylic acids is 1. The Hall–Kier alpha value is -3.29. The third-order valence-corrected chi connectivity index (χ3v) is 8.96. The Bertz CT molecular complexity index is 1500. The van der Waals surface area contributed by atoms with Gasteiger partial charge in [-0.15, -0.1) is 0 Å². The van der Waals surface area contributed by atoms with Crippen molar-refractivity contribution in [3.05, 3.63) is 94.4 Å². The number of aromatic nitrogens is 2. The van der Waals surface area contributed by atoms with Crippen molar-refractivity contribution in [3.8, 4) is 11.3 Å². The molecule has 0 saturated heterocycles. The van der Waals surface area contributed by atoms with Gasteiger partial charge in [0.1, 0.15) is 0 Å². The zero-order valence-electron chi connectivity index (χ0n) is 20.3. The fourth-order valence-electron chi connectivity index (χ4n) is 3.98. The van der Waals surface area contributed by atoms with Gasteiger partial charge >= 0.3 is 233 Å². The van der Waals surface area contributed by atoms with Crippen molar-refractivity contribution in [2.75, 3.05) is 0 Å². The van der Waals surface area contributed by atoms with Gasteiger partial charge in [-0.05, 0) is 0 Å². The summed E-state index contributed by atoms with van der Waals surface area (Å²) < 4.78 is 52.1. The summed E-state index contributed by atoms with van der Waals surface area (Å²) in [5, 5.41) is 9.47. The fraction of sp³-hybridized carbons (Fsp3) is 0.214. The molecular weight excluding hydrogens is 599 g/mol. The van der Waals surface area contributed by atoms with E-state index in [-0.39, 0.29) is 17.5 Å². The molecule has 0 fully saturated rings. The maximum absolute atomic E-state index is 13.8. The van der Waals surface area contributed by atoms with Crippen LogP contribution in [0.15, 0.2) is 66.7 Å². The number of hydrogen-bond donors (Lipinski definition) is 1. The molecular formula is C28H21AsClF4N2O3. The summed E-state index contributed by atoms with van der Waals surface area (Å²) in [7, 11) is 0. The van der Waals surface area contributed by atoms with Crippen LogP contribution in [-0.4, -0.2) is 47.5 Å². The van der Waals surface area contributed by atoms with Gasteiger partial charge in [0.2, 0.25) is 0 Å². The summed E-state index contributed by atoms with van der Waals surface area (Å²) in [6.07, 6.45) is -3.28. The van der Waals surface area contributed by atoms with Crippen molar-refractivity contribution in [2.24, 2.45) is 0 Å². The normalized spacial score (nSPS) is 12.7. The van der Waals surface area contributed by atoms with Crippen molar-refractivity contribution < 1.29 is 32.3 Å². The van der Waals surface area contributed by atoms with E-state index in [1.165, 1.54) is 12.1 Å². The number of carbonyl (C=O) groups excluding carboxylic acids is 1. The van der Waals surface area contributed by atoms with E-state index in [1.54, 1.807) is 30.3 Å². The molecule has 5 nitrogen and oxygen atoms in total. The average Bonchev–Trinajstić information content (AvgIpc) is 2.89. The first-order valence-corrected chi connectivity index (χ1v) is 14.3. The summed E-state index contributed by atoms with van der Waals surface area (Å²) in [6, 6.07) is 15.4. The number of rotatable bonds is 10. The predicted octanol–water partition coefficient (Wildman–Crippen LogP) is 7.03. The monoisotopic (exact) mass is 619 g/mol. The SMILES string of the molecule is O=C(O)CCCCc1nc2cc(C(=O)[As][C@@H](c3ccc(F)cc3)C(F)(F)F)ccc2nc1-c1ccc(Cl)cc1. The molecule has 0 unspecified atom stereocenters. The number of fused-ring (bicyclic) bond motifs is 1. The quantitative estimate of drug-likeness (QED) is 0.117. The van der Waals surface area contributed by atoms with Gasteiger partial charge in [0.25, 0.3) is 0 Å². The fourth-order valence-corrected chi connectivity index (χ4v) is 6.18. The molecule has 1 N–H and O–H groups in total. The van der Waals surface area contributed by atoms with Crippen LogP contribution in [0.25, 0.3) is 22.3 Å². The van der Waals surface area contributed by atoms with E-state index in [2.05, 4.69) is 4.98 Å². The molecule has 0 saturated carbocycles. The van der Waals surface area contributed by atoms with E-state index < -0.39 is 43.0 Å². The van der Waals surface area contributed by atoms with Gasteiger partial charge in [-0.2, -0.15) is 0 Å². The molecule has 0 aliphatic rings. The first-order chi connectivity index (χ1) is 18.5. The average molecular weight is 620 g/mol. The first-order valence-electron chi connectivity index (χ1n) is 11.9. The molecule has 0 amide bonds. The van der Waals surface area contributed by atoms with Gasteiger partial charge in [0, 0.05) is 0 Å². The standard InChI is InChI=1S/C28H21AsClF4N2O3/c30-19-10-5-16(6-11-19)25-22(3-1-2-4-24(37)38)35-23-15-18(9-14-21(23)36-25)27(39)29-26(28(32,33)34)17-7-12-20(31)13-8-17/h5-15,26H,1-4H2,(H,37,38)/t26-/m0/s1. The van der Waals surface area contributed by atoms with E-state index in [0.717, 1.165) is 29.8 Å². The number of alkyl halides is 3. The number of carbonyl (C=O) groups is 2. The van der Waals surface area contributed by atoms with E-state index in [4.69, 9.17) is 21.7 Å². The van der Waals surface area contributed by atoms with Crippen molar-refractivity contribution >= 4 is 48.9 Å². The zero-order valence-corrected chi connectivity index (χ0v) is 22.9. The molecule has 3 aromatic carbocycles. The van der Waals surface area contributed by atoms with Crippen molar-refractivity contribution in [1.82, 2.24) is 9.97 Å². The van der Waals surface area contributed by atoms with Crippen LogP contribution < -0.4 is 0 Å². The second-order valence-electron chi connectivity index (χ2n) is 8.76. The van der Waals surface area contributed by atoms with Crippen LogP contribution in [0, 0.1) is 5.82 Å². The molecule has 1 aromatic heterocycles. The second kappa shape index (κ2) is 12.3. The van der Waals surface area contributed by atoms with Crippen molar-refractivity contribution in [1.29, 1.82) is 0 Å². The Balaban J connectivity index is 1.66. The summed E-state index contributed by atoms with van der Waals surface area (Å²) in [6.45, 7) is 0. The van der Waals surface area contributed by atoms with E-state index in [1.807, 2.05) is 0 Å².